The smallest absolute Gasteiger partial charge is 0.428 e. The summed E-state index contributed by atoms with van der Waals surface area (Å²) in [4.78, 5) is 33.6. The Morgan fingerprint density at radius 1 is 1.07 bits per heavy atom. The van der Waals surface area contributed by atoms with Gasteiger partial charge in [0.05, 0.1) is 4.92 Å². The van der Waals surface area contributed by atoms with E-state index in [9.17, 15) is 37.3 Å². The molecule has 0 bridgehead atoms. The van der Waals surface area contributed by atoms with Crippen molar-refractivity contribution >= 4 is 23.3 Å². The average Bonchev–Trinajstić information content (AvgIpc) is 2.66. The number of alkyl halides is 4. The van der Waals surface area contributed by atoms with Gasteiger partial charge in [-0.2, -0.15) is 17.6 Å². The van der Waals surface area contributed by atoms with Crippen molar-refractivity contribution in [2.45, 2.75) is 12.5 Å². The monoisotopic (exact) mass is 416 g/mol. The summed E-state index contributed by atoms with van der Waals surface area (Å²) in [7, 11) is 0. The van der Waals surface area contributed by atoms with Gasteiger partial charge in [0, 0.05) is 23.4 Å². The predicted molar refractivity (Wildman–Crippen MR) is 90.7 cm³/mol. The Kier molecular flexibility index (Phi) is 6.54. The molecule has 0 aromatic heterocycles. The first-order chi connectivity index (χ1) is 13.6. The maximum atomic E-state index is 12.9. The van der Waals surface area contributed by atoms with Gasteiger partial charge < -0.3 is 10.1 Å². The predicted octanol–water partition coefficient (Wildman–Crippen LogP) is 3.30. The number of nitro benzene ring substituents is 1. The van der Waals surface area contributed by atoms with Gasteiger partial charge in [-0.15, -0.1) is 0 Å². The summed E-state index contributed by atoms with van der Waals surface area (Å²) in [6, 6.07) is 7.89. The third kappa shape index (κ3) is 6.05. The van der Waals surface area contributed by atoms with E-state index in [2.05, 4.69) is 10.1 Å². The van der Waals surface area contributed by atoms with Crippen LogP contribution in [-0.2, 0) is 0 Å². The number of hydrogen-bond acceptors (Lipinski definition) is 5. The van der Waals surface area contributed by atoms with Gasteiger partial charge in [0.2, 0.25) is 0 Å². The number of rotatable bonds is 6. The minimum atomic E-state index is -4.74. The lowest BCUT2D eigenvalue weighted by molar-refractivity contribution is -0.384. The fourth-order valence-corrected chi connectivity index (χ4v) is 1.92. The third-order valence-corrected chi connectivity index (χ3v) is 3.23. The number of carbonyl (C=O) groups excluding carboxylic acids is 2. The quantitative estimate of drug-likeness (QED) is 0.379. The molecule has 0 atom stereocenters. The number of nitro groups is 1. The topological polar surface area (TPSA) is 123 Å². The molecule has 2 aromatic rings. The minimum Gasteiger partial charge on any atom is -0.428 e. The van der Waals surface area contributed by atoms with Gasteiger partial charge in [0.1, 0.15) is 5.75 Å². The number of anilines is 1. The van der Waals surface area contributed by atoms with Crippen LogP contribution in [-0.4, -0.2) is 29.4 Å². The number of nitrogens with one attached hydrogen (secondary N) is 3. The van der Waals surface area contributed by atoms with Crippen molar-refractivity contribution in [3.8, 4) is 5.75 Å². The van der Waals surface area contributed by atoms with Crippen LogP contribution in [0.15, 0.2) is 48.5 Å². The SMILES string of the molecule is O=C(NNC(=O)c1cccc(OC(F)(F)C(F)F)c1)Nc1ccc([N+](=O)[O-])cc1. The number of nitrogens with zero attached hydrogens (tertiary/aromatic N) is 1. The summed E-state index contributed by atoms with van der Waals surface area (Å²) < 4.78 is 54.0. The van der Waals surface area contributed by atoms with Crippen LogP contribution in [0.4, 0.5) is 33.7 Å². The molecule has 29 heavy (non-hydrogen) atoms. The fraction of sp³-hybridized carbons (Fsp3) is 0.125. The van der Waals surface area contributed by atoms with Crippen LogP contribution in [0.25, 0.3) is 0 Å². The van der Waals surface area contributed by atoms with E-state index in [4.69, 9.17) is 0 Å². The van der Waals surface area contributed by atoms with Crippen molar-refractivity contribution in [3.05, 3.63) is 64.2 Å². The Morgan fingerprint density at radius 2 is 1.72 bits per heavy atom. The number of hydrogen-bond donors (Lipinski definition) is 3. The molecule has 3 N–H and O–H groups in total. The Balaban J connectivity index is 1.92. The van der Waals surface area contributed by atoms with Crippen LogP contribution < -0.4 is 20.9 Å². The largest absolute Gasteiger partial charge is 0.461 e. The summed E-state index contributed by atoms with van der Waals surface area (Å²) in [5.41, 5.74) is 3.66. The van der Waals surface area contributed by atoms with E-state index in [-0.39, 0.29) is 16.9 Å². The first kappa shape index (κ1) is 21.4. The first-order valence-electron chi connectivity index (χ1n) is 7.65. The molecule has 154 valence electrons. The van der Waals surface area contributed by atoms with Gasteiger partial charge in [-0.05, 0) is 30.3 Å². The Bertz CT molecular complexity index is 908. The number of urea groups is 1. The van der Waals surface area contributed by atoms with Crippen molar-refractivity contribution in [2.24, 2.45) is 0 Å². The van der Waals surface area contributed by atoms with Gasteiger partial charge in [-0.1, -0.05) is 6.07 Å². The Morgan fingerprint density at radius 3 is 2.31 bits per heavy atom. The van der Waals surface area contributed by atoms with Crippen LogP contribution in [0.5, 0.6) is 5.75 Å². The lowest BCUT2D eigenvalue weighted by Crippen LogP contribution is -2.43. The molecule has 0 heterocycles. The number of amides is 3. The summed E-state index contributed by atoms with van der Waals surface area (Å²) in [5, 5.41) is 12.8. The Hall–Kier alpha value is -3.90. The molecule has 0 fully saturated rings. The first-order valence-corrected chi connectivity index (χ1v) is 7.65. The van der Waals surface area contributed by atoms with E-state index in [1.54, 1.807) is 0 Å². The van der Waals surface area contributed by atoms with Crippen LogP contribution in [0.3, 0.4) is 0 Å². The maximum Gasteiger partial charge on any atom is 0.461 e. The zero-order chi connectivity index (χ0) is 21.6. The van der Waals surface area contributed by atoms with Gasteiger partial charge in [-0.3, -0.25) is 20.3 Å². The molecule has 0 aliphatic carbocycles. The van der Waals surface area contributed by atoms with E-state index in [1.807, 2.05) is 10.9 Å². The van der Waals surface area contributed by atoms with Gasteiger partial charge in [0.25, 0.3) is 11.6 Å². The standard InChI is InChI=1S/C16H12F4N4O5/c17-14(18)16(19,20)29-12-3-1-2-9(8-12)13(25)22-23-15(26)21-10-4-6-11(7-5-10)24(27)28/h1-8,14H,(H,22,25)(H2,21,23,26). The highest BCUT2D eigenvalue weighted by molar-refractivity contribution is 5.97. The number of benzene rings is 2. The second-order valence-corrected chi connectivity index (χ2v) is 5.33. The zero-order valence-corrected chi connectivity index (χ0v) is 14.2. The number of non-ortho nitro benzene ring substituents is 1. The molecule has 0 unspecified atom stereocenters. The summed E-state index contributed by atoms with van der Waals surface area (Å²) in [5.74, 6) is -1.63. The highest BCUT2D eigenvalue weighted by atomic mass is 19.3. The molecular formula is C16H12F4N4O5. The molecule has 2 rings (SSSR count). The van der Waals surface area contributed by atoms with Crippen molar-refractivity contribution in [3.63, 3.8) is 0 Å². The molecule has 0 aliphatic rings. The van der Waals surface area contributed by atoms with Crippen LogP contribution in [0.2, 0.25) is 0 Å². The molecule has 0 radical (unpaired) electrons. The minimum absolute atomic E-state index is 0.187. The number of ether oxygens (including phenoxy) is 1. The average molecular weight is 416 g/mol. The molecule has 2 aromatic carbocycles. The van der Waals surface area contributed by atoms with E-state index >= 15 is 0 Å². The van der Waals surface area contributed by atoms with Crippen molar-refractivity contribution < 1.29 is 36.8 Å². The van der Waals surface area contributed by atoms with E-state index < -0.39 is 35.1 Å². The molecule has 3 amide bonds. The highest BCUT2D eigenvalue weighted by Gasteiger charge is 2.44. The maximum absolute atomic E-state index is 12.9. The molecular weight excluding hydrogens is 404 g/mol. The molecule has 0 saturated carbocycles. The fourth-order valence-electron chi connectivity index (χ4n) is 1.92. The van der Waals surface area contributed by atoms with Gasteiger partial charge in [-0.25, -0.2) is 10.2 Å². The molecule has 13 heteroatoms. The van der Waals surface area contributed by atoms with Gasteiger partial charge >= 0.3 is 18.6 Å². The Labute approximate surface area is 159 Å². The zero-order valence-electron chi connectivity index (χ0n) is 14.2. The van der Waals surface area contributed by atoms with Crippen molar-refractivity contribution in [1.29, 1.82) is 0 Å². The van der Waals surface area contributed by atoms with Gasteiger partial charge in [0.15, 0.2) is 0 Å². The molecule has 9 nitrogen and oxygen atoms in total. The van der Waals surface area contributed by atoms with Crippen molar-refractivity contribution in [2.75, 3.05) is 5.32 Å². The van der Waals surface area contributed by atoms with E-state index in [0.29, 0.717) is 0 Å². The lowest BCUT2D eigenvalue weighted by atomic mass is 10.2. The normalized spacial score (nSPS) is 10.9. The summed E-state index contributed by atoms with van der Waals surface area (Å²) in [6.45, 7) is 0. The lowest BCUT2D eigenvalue weighted by Gasteiger charge is -2.17. The summed E-state index contributed by atoms with van der Waals surface area (Å²) >= 11 is 0. The van der Waals surface area contributed by atoms with E-state index in [1.165, 1.54) is 18.2 Å². The second-order valence-electron chi connectivity index (χ2n) is 5.33. The summed E-state index contributed by atoms with van der Waals surface area (Å²) in [6.07, 6.45) is -8.80. The van der Waals surface area contributed by atoms with E-state index in [0.717, 1.165) is 30.3 Å². The number of carbonyl (C=O) groups is 2. The second kappa shape index (κ2) is 8.86. The van der Waals surface area contributed by atoms with Crippen LogP contribution in [0, 0.1) is 10.1 Å². The third-order valence-electron chi connectivity index (χ3n) is 3.23. The highest BCUT2D eigenvalue weighted by Crippen LogP contribution is 2.27. The van der Waals surface area contributed by atoms with Crippen LogP contribution >= 0.6 is 0 Å². The number of hydrazine groups is 1. The molecule has 0 saturated heterocycles. The van der Waals surface area contributed by atoms with Crippen molar-refractivity contribution in [1.82, 2.24) is 10.9 Å². The number of halogens is 4. The van der Waals surface area contributed by atoms with Crippen LogP contribution in [0.1, 0.15) is 10.4 Å². The molecule has 0 aliphatic heterocycles. The molecule has 0 spiro atoms.